The number of aryl methyl sites for hydroxylation is 1. The summed E-state index contributed by atoms with van der Waals surface area (Å²) in [6.07, 6.45) is 4.02. The van der Waals surface area contributed by atoms with Crippen molar-refractivity contribution in [2.45, 2.75) is 58.6 Å². The van der Waals surface area contributed by atoms with Crippen LogP contribution in [0.4, 0.5) is 0 Å². The highest BCUT2D eigenvalue weighted by molar-refractivity contribution is 14.0. The molecular formula is C24H39IN6O2. The van der Waals surface area contributed by atoms with Crippen LogP contribution >= 0.6 is 24.0 Å². The molecule has 2 heterocycles. The maximum atomic E-state index is 10.9. The van der Waals surface area contributed by atoms with Gasteiger partial charge in [-0.15, -0.1) is 24.0 Å². The fourth-order valence-corrected chi connectivity index (χ4v) is 4.08. The standard InChI is InChI=1S/C24H38N6O2.HI/c1-6-25-23(27-17-24(4,31)22-12-28-29(5)16-22)26-11-20-9-7-8-10-21(20)15-30-13-18(2)32-19(3)14-30;/h7-10,12,16,18-19,31H,6,11,13-15,17H2,1-5H3,(H2,25,26,27);1H. The number of rotatable bonds is 8. The molecule has 184 valence electrons. The molecule has 1 aromatic heterocycles. The van der Waals surface area contributed by atoms with Crippen LogP contribution in [0.5, 0.6) is 0 Å². The predicted molar refractivity (Wildman–Crippen MR) is 143 cm³/mol. The number of nitrogens with one attached hydrogen (secondary N) is 2. The van der Waals surface area contributed by atoms with Gasteiger partial charge in [0.2, 0.25) is 0 Å². The van der Waals surface area contributed by atoms with Crippen molar-refractivity contribution in [2.24, 2.45) is 12.0 Å². The number of nitrogens with zero attached hydrogens (tertiary/aromatic N) is 4. The summed E-state index contributed by atoms with van der Waals surface area (Å²) in [7, 11) is 1.84. The molecule has 2 aromatic rings. The lowest BCUT2D eigenvalue weighted by molar-refractivity contribution is -0.0705. The Hall–Kier alpha value is -1.69. The van der Waals surface area contributed by atoms with Gasteiger partial charge in [-0.3, -0.25) is 9.58 Å². The van der Waals surface area contributed by atoms with E-state index in [9.17, 15) is 5.11 Å². The molecule has 0 saturated carbocycles. The Labute approximate surface area is 214 Å². The molecule has 33 heavy (non-hydrogen) atoms. The van der Waals surface area contributed by atoms with Crippen molar-refractivity contribution in [1.29, 1.82) is 0 Å². The molecule has 0 radical (unpaired) electrons. The molecule has 1 aromatic carbocycles. The van der Waals surface area contributed by atoms with Crippen molar-refractivity contribution in [3.8, 4) is 0 Å². The second kappa shape index (κ2) is 12.7. The number of benzene rings is 1. The van der Waals surface area contributed by atoms with Crippen molar-refractivity contribution >= 4 is 29.9 Å². The van der Waals surface area contributed by atoms with E-state index in [1.807, 2.05) is 20.2 Å². The van der Waals surface area contributed by atoms with Crippen LogP contribution in [0, 0.1) is 0 Å². The van der Waals surface area contributed by atoms with Crippen LogP contribution in [-0.4, -0.2) is 64.1 Å². The van der Waals surface area contributed by atoms with Gasteiger partial charge in [0.1, 0.15) is 5.60 Å². The summed E-state index contributed by atoms with van der Waals surface area (Å²) in [4.78, 5) is 7.24. The SMILES string of the molecule is CCNC(=NCc1ccccc1CN1CC(C)OC(C)C1)NCC(C)(O)c1cnn(C)c1.I. The van der Waals surface area contributed by atoms with Crippen LogP contribution < -0.4 is 10.6 Å². The number of guanidine groups is 1. The van der Waals surface area contributed by atoms with E-state index in [0.29, 0.717) is 19.0 Å². The van der Waals surface area contributed by atoms with E-state index in [-0.39, 0.29) is 36.2 Å². The van der Waals surface area contributed by atoms with Crippen LogP contribution in [0.15, 0.2) is 41.7 Å². The van der Waals surface area contributed by atoms with Crippen molar-refractivity contribution in [1.82, 2.24) is 25.3 Å². The first kappa shape index (κ1) is 27.6. The summed E-state index contributed by atoms with van der Waals surface area (Å²) in [5.74, 6) is 0.681. The lowest BCUT2D eigenvalue weighted by atomic mass is 10.00. The van der Waals surface area contributed by atoms with Gasteiger partial charge in [0.15, 0.2) is 5.96 Å². The minimum atomic E-state index is -1.05. The zero-order valence-corrected chi connectivity index (χ0v) is 22.7. The lowest BCUT2D eigenvalue weighted by Gasteiger charge is -2.35. The maximum Gasteiger partial charge on any atom is 0.191 e. The summed E-state index contributed by atoms with van der Waals surface area (Å²) in [6.45, 7) is 12.5. The quantitative estimate of drug-likeness (QED) is 0.257. The normalized spacial score (nSPS) is 21.2. The lowest BCUT2D eigenvalue weighted by Crippen LogP contribution is -2.45. The summed E-state index contributed by atoms with van der Waals surface area (Å²) >= 11 is 0. The van der Waals surface area contributed by atoms with Gasteiger partial charge in [0, 0.05) is 45.0 Å². The summed E-state index contributed by atoms with van der Waals surface area (Å²) in [5.41, 5.74) is 2.21. The molecule has 1 aliphatic heterocycles. The van der Waals surface area contributed by atoms with E-state index in [1.54, 1.807) is 17.8 Å². The third-order valence-electron chi connectivity index (χ3n) is 5.69. The third kappa shape index (κ3) is 8.24. The van der Waals surface area contributed by atoms with E-state index in [1.165, 1.54) is 11.1 Å². The van der Waals surface area contributed by atoms with Crippen LogP contribution in [-0.2, 0) is 30.5 Å². The highest BCUT2D eigenvalue weighted by Gasteiger charge is 2.25. The van der Waals surface area contributed by atoms with E-state index in [0.717, 1.165) is 31.7 Å². The van der Waals surface area contributed by atoms with E-state index in [4.69, 9.17) is 9.73 Å². The molecule has 0 aliphatic carbocycles. The van der Waals surface area contributed by atoms with Crippen LogP contribution in [0.1, 0.15) is 44.4 Å². The summed E-state index contributed by atoms with van der Waals surface area (Å²) < 4.78 is 7.56. The van der Waals surface area contributed by atoms with Gasteiger partial charge in [0.25, 0.3) is 0 Å². The number of hydrogen-bond acceptors (Lipinski definition) is 5. The van der Waals surface area contributed by atoms with Gasteiger partial charge in [0.05, 0.1) is 31.5 Å². The smallest absolute Gasteiger partial charge is 0.191 e. The molecule has 0 spiro atoms. The molecule has 3 N–H and O–H groups in total. The highest BCUT2D eigenvalue weighted by Crippen LogP contribution is 2.19. The second-order valence-corrected chi connectivity index (χ2v) is 8.95. The van der Waals surface area contributed by atoms with E-state index < -0.39 is 5.60 Å². The number of aliphatic hydroxyl groups is 1. The molecule has 3 atom stereocenters. The Balaban J connectivity index is 0.00000385. The number of ether oxygens (including phenoxy) is 1. The highest BCUT2D eigenvalue weighted by atomic mass is 127. The largest absolute Gasteiger partial charge is 0.383 e. The van der Waals surface area contributed by atoms with Crippen molar-refractivity contribution in [3.63, 3.8) is 0 Å². The zero-order valence-electron chi connectivity index (χ0n) is 20.4. The van der Waals surface area contributed by atoms with E-state index in [2.05, 4.69) is 58.7 Å². The van der Waals surface area contributed by atoms with Gasteiger partial charge in [-0.1, -0.05) is 24.3 Å². The number of aromatic nitrogens is 2. The zero-order chi connectivity index (χ0) is 23.1. The summed E-state index contributed by atoms with van der Waals surface area (Å²) in [5, 5.41) is 21.6. The van der Waals surface area contributed by atoms with Gasteiger partial charge >= 0.3 is 0 Å². The molecule has 0 bridgehead atoms. The Kier molecular flexibility index (Phi) is 10.6. The van der Waals surface area contributed by atoms with E-state index >= 15 is 0 Å². The van der Waals surface area contributed by atoms with Crippen molar-refractivity contribution < 1.29 is 9.84 Å². The number of aliphatic imine (C=N–C) groups is 1. The maximum absolute atomic E-state index is 10.9. The molecule has 1 fully saturated rings. The van der Waals surface area contributed by atoms with Crippen LogP contribution in [0.25, 0.3) is 0 Å². The first-order valence-electron chi connectivity index (χ1n) is 11.4. The first-order valence-corrected chi connectivity index (χ1v) is 11.4. The molecule has 0 amide bonds. The number of hydrogen-bond donors (Lipinski definition) is 3. The van der Waals surface area contributed by atoms with Gasteiger partial charge in [-0.25, -0.2) is 4.99 Å². The molecule has 3 unspecified atom stereocenters. The van der Waals surface area contributed by atoms with Crippen LogP contribution in [0.2, 0.25) is 0 Å². The molecule has 1 aliphatic rings. The minimum Gasteiger partial charge on any atom is -0.383 e. The Morgan fingerprint density at radius 3 is 2.48 bits per heavy atom. The average molecular weight is 571 g/mol. The number of halogens is 1. The second-order valence-electron chi connectivity index (χ2n) is 8.95. The predicted octanol–water partition coefficient (Wildman–Crippen LogP) is 2.61. The Morgan fingerprint density at radius 2 is 1.88 bits per heavy atom. The van der Waals surface area contributed by atoms with Crippen LogP contribution in [0.3, 0.4) is 0 Å². The Morgan fingerprint density at radius 1 is 1.21 bits per heavy atom. The fourth-order valence-electron chi connectivity index (χ4n) is 4.08. The molecule has 1 saturated heterocycles. The molecule has 9 heteroatoms. The van der Waals surface area contributed by atoms with Crippen molar-refractivity contribution in [2.75, 3.05) is 26.2 Å². The minimum absolute atomic E-state index is 0. The topological polar surface area (TPSA) is 86.9 Å². The molecule has 3 rings (SSSR count). The summed E-state index contributed by atoms with van der Waals surface area (Å²) in [6, 6.07) is 8.47. The monoisotopic (exact) mass is 570 g/mol. The average Bonchev–Trinajstić information content (AvgIpc) is 3.18. The molecular weight excluding hydrogens is 531 g/mol. The molecule has 8 nitrogen and oxygen atoms in total. The number of morpholine rings is 1. The van der Waals surface area contributed by atoms with Gasteiger partial charge in [-0.05, 0) is 38.8 Å². The Bertz CT molecular complexity index is 891. The van der Waals surface area contributed by atoms with Gasteiger partial charge < -0.3 is 20.5 Å². The fraction of sp³-hybridized carbons (Fsp3) is 0.583. The third-order valence-corrected chi connectivity index (χ3v) is 5.69. The van der Waals surface area contributed by atoms with Gasteiger partial charge in [-0.2, -0.15) is 5.10 Å². The van der Waals surface area contributed by atoms with Crippen molar-refractivity contribution in [3.05, 3.63) is 53.3 Å². The first-order chi connectivity index (χ1) is 15.3.